The molecular weight excluding hydrogens is 278 g/mol. The van der Waals surface area contributed by atoms with E-state index in [1.165, 1.54) is 26.4 Å². The minimum absolute atomic E-state index is 0.106. The molecule has 2 aromatic rings. The van der Waals surface area contributed by atoms with Gasteiger partial charge in [0.05, 0.1) is 19.9 Å². The molecule has 21 heavy (non-hydrogen) atoms. The number of aromatic carboxylic acids is 1. The lowest BCUT2D eigenvalue weighted by atomic mass is 10.2. The molecule has 0 unspecified atom stereocenters. The Morgan fingerprint density at radius 1 is 1.10 bits per heavy atom. The van der Waals surface area contributed by atoms with Crippen LogP contribution in [0.4, 0.5) is 5.69 Å². The van der Waals surface area contributed by atoms with Crippen molar-refractivity contribution in [3.63, 3.8) is 0 Å². The molecule has 110 valence electrons. The van der Waals surface area contributed by atoms with E-state index < -0.39 is 11.9 Å². The van der Waals surface area contributed by atoms with Gasteiger partial charge in [0.1, 0.15) is 11.5 Å². The molecule has 2 rings (SSSR count). The van der Waals surface area contributed by atoms with Crippen LogP contribution in [0.2, 0.25) is 0 Å². The first-order valence-corrected chi connectivity index (χ1v) is 5.91. The predicted octanol–water partition coefficient (Wildman–Crippen LogP) is 2.25. The first kappa shape index (κ1) is 14.4. The van der Waals surface area contributed by atoms with Crippen LogP contribution in [0.5, 0.6) is 11.5 Å². The normalized spacial score (nSPS) is 10.0. The Hall–Kier alpha value is -2.96. The Morgan fingerprint density at radius 2 is 1.81 bits per heavy atom. The van der Waals surface area contributed by atoms with E-state index in [4.69, 9.17) is 19.0 Å². The van der Waals surface area contributed by atoms with Gasteiger partial charge in [-0.2, -0.15) is 0 Å². The Kier molecular flexibility index (Phi) is 4.13. The summed E-state index contributed by atoms with van der Waals surface area (Å²) in [5.41, 5.74) is 0.413. The van der Waals surface area contributed by atoms with Crippen molar-refractivity contribution in [2.24, 2.45) is 0 Å². The lowest BCUT2D eigenvalue weighted by molar-refractivity contribution is 0.0660. The monoisotopic (exact) mass is 291 g/mol. The van der Waals surface area contributed by atoms with E-state index in [-0.39, 0.29) is 11.5 Å². The number of amides is 1. The van der Waals surface area contributed by atoms with E-state index in [0.717, 1.165) is 0 Å². The summed E-state index contributed by atoms with van der Waals surface area (Å²) in [5, 5.41) is 11.3. The number of carboxylic acids is 1. The molecule has 0 fully saturated rings. The molecule has 0 aliphatic carbocycles. The van der Waals surface area contributed by atoms with Crippen LogP contribution in [-0.2, 0) is 0 Å². The van der Waals surface area contributed by atoms with Gasteiger partial charge in [0.2, 0.25) is 5.76 Å². The number of hydrogen-bond donors (Lipinski definition) is 2. The zero-order valence-corrected chi connectivity index (χ0v) is 11.4. The molecule has 0 aliphatic heterocycles. The summed E-state index contributed by atoms with van der Waals surface area (Å²) in [6.45, 7) is 0. The molecule has 7 heteroatoms. The molecule has 2 N–H and O–H groups in total. The van der Waals surface area contributed by atoms with Crippen LogP contribution in [0.25, 0.3) is 0 Å². The molecular formula is C14H13NO6. The van der Waals surface area contributed by atoms with Gasteiger partial charge in [0.25, 0.3) is 5.91 Å². The van der Waals surface area contributed by atoms with Gasteiger partial charge in [-0.1, -0.05) is 0 Å². The highest BCUT2D eigenvalue weighted by molar-refractivity contribution is 6.03. The lowest BCUT2D eigenvalue weighted by Gasteiger charge is -2.10. The van der Waals surface area contributed by atoms with E-state index in [0.29, 0.717) is 17.2 Å². The summed E-state index contributed by atoms with van der Waals surface area (Å²) in [6.07, 6.45) is 0. The third kappa shape index (κ3) is 3.14. The topological polar surface area (TPSA) is 98.0 Å². The number of rotatable bonds is 5. The minimum atomic E-state index is -1.24. The second kappa shape index (κ2) is 6.00. The van der Waals surface area contributed by atoms with E-state index in [2.05, 4.69) is 5.32 Å². The fraction of sp³-hybridized carbons (Fsp3) is 0.143. The van der Waals surface area contributed by atoms with E-state index in [1.807, 2.05) is 0 Å². The van der Waals surface area contributed by atoms with Crippen LogP contribution >= 0.6 is 0 Å². The number of carboxylic acid groups (broad SMARTS) is 1. The third-order valence-electron chi connectivity index (χ3n) is 2.70. The molecule has 1 aromatic heterocycles. The Balaban J connectivity index is 2.20. The second-order valence-corrected chi connectivity index (χ2v) is 3.99. The minimum Gasteiger partial charge on any atom is -0.497 e. The van der Waals surface area contributed by atoms with Gasteiger partial charge < -0.3 is 24.3 Å². The molecule has 1 heterocycles. The molecule has 0 aliphatic rings. The van der Waals surface area contributed by atoms with Crippen LogP contribution in [0.3, 0.4) is 0 Å². The maximum absolute atomic E-state index is 12.0. The van der Waals surface area contributed by atoms with Crippen molar-refractivity contribution in [2.75, 3.05) is 19.5 Å². The summed E-state index contributed by atoms with van der Waals surface area (Å²) in [6, 6.07) is 7.37. The molecule has 0 bridgehead atoms. The first-order chi connectivity index (χ1) is 10.0. The number of anilines is 1. The Labute approximate surface area is 120 Å². The average molecular weight is 291 g/mol. The summed E-state index contributed by atoms with van der Waals surface area (Å²) < 4.78 is 15.1. The van der Waals surface area contributed by atoms with Gasteiger partial charge in [-0.25, -0.2) is 4.79 Å². The maximum atomic E-state index is 12.0. The number of methoxy groups -OCH3 is 2. The van der Waals surface area contributed by atoms with Crippen molar-refractivity contribution < 1.29 is 28.6 Å². The van der Waals surface area contributed by atoms with Crippen LogP contribution < -0.4 is 14.8 Å². The molecule has 7 nitrogen and oxygen atoms in total. The first-order valence-electron chi connectivity index (χ1n) is 5.91. The zero-order chi connectivity index (χ0) is 15.4. The van der Waals surface area contributed by atoms with Crippen LogP contribution in [0.1, 0.15) is 21.1 Å². The van der Waals surface area contributed by atoms with Gasteiger partial charge in [-0.3, -0.25) is 4.79 Å². The third-order valence-corrected chi connectivity index (χ3v) is 2.70. The number of nitrogens with one attached hydrogen (secondary N) is 1. The maximum Gasteiger partial charge on any atom is 0.371 e. The van der Waals surface area contributed by atoms with Crippen molar-refractivity contribution >= 4 is 17.6 Å². The second-order valence-electron chi connectivity index (χ2n) is 3.99. The van der Waals surface area contributed by atoms with E-state index in [9.17, 15) is 9.59 Å². The number of hydrogen-bond acceptors (Lipinski definition) is 5. The SMILES string of the molecule is COc1ccc(NC(=O)c2ccc(C(=O)O)o2)c(OC)c1. The largest absolute Gasteiger partial charge is 0.497 e. The van der Waals surface area contributed by atoms with Crippen LogP contribution in [-0.4, -0.2) is 31.2 Å². The van der Waals surface area contributed by atoms with Gasteiger partial charge in [-0.05, 0) is 24.3 Å². The number of carbonyl (C=O) groups is 2. The highest BCUT2D eigenvalue weighted by atomic mass is 16.5. The standard InChI is InChI=1S/C14H13NO6/c1-19-8-3-4-9(12(7-8)20-2)15-13(16)10-5-6-11(21-10)14(17)18/h3-7H,1-2H3,(H,15,16)(H,17,18). The zero-order valence-electron chi connectivity index (χ0n) is 11.4. The van der Waals surface area contributed by atoms with Gasteiger partial charge in [0.15, 0.2) is 5.76 Å². The summed E-state index contributed by atoms with van der Waals surface area (Å²) in [5.74, 6) is -1.24. The molecule has 0 saturated carbocycles. The van der Waals surface area contributed by atoms with Gasteiger partial charge in [0, 0.05) is 6.07 Å². The smallest absolute Gasteiger partial charge is 0.371 e. The fourth-order valence-corrected chi connectivity index (χ4v) is 1.66. The van der Waals surface area contributed by atoms with Crippen molar-refractivity contribution in [2.45, 2.75) is 0 Å². The van der Waals surface area contributed by atoms with Gasteiger partial charge in [-0.15, -0.1) is 0 Å². The van der Waals surface area contributed by atoms with Crippen molar-refractivity contribution in [3.05, 3.63) is 41.9 Å². The Bertz CT molecular complexity index is 676. The summed E-state index contributed by atoms with van der Waals surface area (Å²) in [4.78, 5) is 22.7. The lowest BCUT2D eigenvalue weighted by Crippen LogP contribution is -2.12. The number of benzene rings is 1. The Morgan fingerprint density at radius 3 is 2.38 bits per heavy atom. The quantitative estimate of drug-likeness (QED) is 0.876. The average Bonchev–Trinajstić information content (AvgIpc) is 2.97. The fourth-order valence-electron chi connectivity index (χ4n) is 1.66. The highest BCUT2D eigenvalue weighted by Gasteiger charge is 2.16. The summed E-state index contributed by atoms with van der Waals surface area (Å²) >= 11 is 0. The predicted molar refractivity (Wildman–Crippen MR) is 73.2 cm³/mol. The summed E-state index contributed by atoms with van der Waals surface area (Å²) in [7, 11) is 2.98. The highest BCUT2D eigenvalue weighted by Crippen LogP contribution is 2.29. The van der Waals surface area contributed by atoms with E-state index in [1.54, 1.807) is 18.2 Å². The van der Waals surface area contributed by atoms with Crippen molar-refractivity contribution in [1.82, 2.24) is 0 Å². The van der Waals surface area contributed by atoms with Crippen molar-refractivity contribution in [1.29, 1.82) is 0 Å². The molecule has 0 radical (unpaired) electrons. The number of carbonyl (C=O) groups excluding carboxylic acids is 1. The van der Waals surface area contributed by atoms with Crippen molar-refractivity contribution in [3.8, 4) is 11.5 Å². The van der Waals surface area contributed by atoms with E-state index >= 15 is 0 Å². The van der Waals surface area contributed by atoms with Gasteiger partial charge >= 0.3 is 5.97 Å². The molecule has 0 atom stereocenters. The molecule has 1 amide bonds. The molecule has 1 aromatic carbocycles. The van der Waals surface area contributed by atoms with Crippen LogP contribution in [0, 0.1) is 0 Å². The van der Waals surface area contributed by atoms with Crippen LogP contribution in [0.15, 0.2) is 34.7 Å². The number of furan rings is 1. The number of ether oxygens (including phenoxy) is 2. The molecule has 0 spiro atoms. The molecule has 0 saturated heterocycles.